The van der Waals surface area contributed by atoms with Gasteiger partial charge in [-0.3, -0.25) is 5.84 Å². The van der Waals surface area contributed by atoms with Gasteiger partial charge < -0.3 is 5.32 Å². The van der Waals surface area contributed by atoms with E-state index >= 15 is 0 Å². The molecule has 2 atom stereocenters. The van der Waals surface area contributed by atoms with Crippen molar-refractivity contribution in [2.45, 2.75) is 12.8 Å². The van der Waals surface area contributed by atoms with Crippen LogP contribution in [0.2, 0.25) is 0 Å². The molecule has 11 heavy (non-hydrogen) atoms. The van der Waals surface area contributed by atoms with Crippen molar-refractivity contribution in [3.63, 3.8) is 0 Å². The van der Waals surface area contributed by atoms with Crippen LogP contribution in [0.3, 0.4) is 0 Å². The largest absolute Gasteiger partial charge is 0.317 e. The molecule has 2 rings (SSSR count). The van der Waals surface area contributed by atoms with Crippen molar-refractivity contribution in [1.82, 2.24) is 10.3 Å². The topological polar surface area (TPSA) is 41.3 Å². The molecule has 2 aliphatic heterocycles. The Balaban J connectivity index is 1.96. The smallest absolute Gasteiger partial charge is 0.0160 e. The standard InChI is InChI=1S/C8H17N3/c9-11-5-7-1-3-10-4-2-8(7)6-11/h7-8,10H,1-6,9H2. The number of rotatable bonds is 0. The first-order chi connectivity index (χ1) is 5.36. The normalized spacial score (nSPS) is 40.1. The highest BCUT2D eigenvalue weighted by Gasteiger charge is 2.31. The zero-order chi connectivity index (χ0) is 7.68. The lowest BCUT2D eigenvalue weighted by molar-refractivity contribution is 0.328. The monoisotopic (exact) mass is 155 g/mol. The molecule has 0 bridgehead atoms. The summed E-state index contributed by atoms with van der Waals surface area (Å²) < 4.78 is 0. The van der Waals surface area contributed by atoms with E-state index in [0.717, 1.165) is 24.9 Å². The summed E-state index contributed by atoms with van der Waals surface area (Å²) in [7, 11) is 0. The first-order valence-electron chi connectivity index (χ1n) is 4.56. The maximum atomic E-state index is 5.76. The Hall–Kier alpha value is -0.120. The van der Waals surface area contributed by atoms with Crippen LogP contribution in [0, 0.1) is 11.8 Å². The van der Waals surface area contributed by atoms with Gasteiger partial charge >= 0.3 is 0 Å². The third-order valence-electron chi connectivity index (χ3n) is 2.99. The van der Waals surface area contributed by atoms with Crippen LogP contribution in [0.15, 0.2) is 0 Å². The molecule has 2 saturated heterocycles. The molecule has 0 aliphatic carbocycles. The molecule has 0 spiro atoms. The average Bonchev–Trinajstić information content (AvgIpc) is 2.17. The summed E-state index contributed by atoms with van der Waals surface area (Å²) in [6, 6.07) is 0. The van der Waals surface area contributed by atoms with Gasteiger partial charge in [0.15, 0.2) is 0 Å². The molecule has 2 heterocycles. The van der Waals surface area contributed by atoms with E-state index in [2.05, 4.69) is 5.32 Å². The zero-order valence-electron chi connectivity index (χ0n) is 6.92. The molecule has 0 aromatic heterocycles. The molecule has 0 aromatic carbocycles. The second kappa shape index (κ2) is 3.09. The fourth-order valence-corrected chi connectivity index (χ4v) is 2.33. The van der Waals surface area contributed by atoms with Crippen molar-refractivity contribution >= 4 is 0 Å². The van der Waals surface area contributed by atoms with Crippen molar-refractivity contribution in [3.05, 3.63) is 0 Å². The Morgan fingerprint density at radius 3 is 2.18 bits per heavy atom. The lowest BCUT2D eigenvalue weighted by atomic mass is 9.92. The van der Waals surface area contributed by atoms with Crippen LogP contribution >= 0.6 is 0 Å². The third kappa shape index (κ3) is 1.55. The van der Waals surface area contributed by atoms with Gasteiger partial charge in [0.25, 0.3) is 0 Å². The van der Waals surface area contributed by atoms with Crippen molar-refractivity contribution < 1.29 is 0 Å². The highest BCUT2D eigenvalue weighted by atomic mass is 15.4. The average molecular weight is 155 g/mol. The summed E-state index contributed by atoms with van der Waals surface area (Å²) in [6.45, 7) is 4.61. The fourth-order valence-electron chi connectivity index (χ4n) is 2.33. The molecule has 64 valence electrons. The Labute approximate surface area is 67.9 Å². The summed E-state index contributed by atoms with van der Waals surface area (Å²) in [5, 5.41) is 5.42. The van der Waals surface area contributed by atoms with E-state index in [1.54, 1.807) is 0 Å². The van der Waals surface area contributed by atoms with E-state index in [9.17, 15) is 0 Å². The molecule has 2 fully saturated rings. The number of hydrogen-bond acceptors (Lipinski definition) is 3. The van der Waals surface area contributed by atoms with Crippen LogP contribution in [-0.2, 0) is 0 Å². The molecule has 2 unspecified atom stereocenters. The molecule has 3 nitrogen and oxygen atoms in total. The molecule has 0 radical (unpaired) electrons. The van der Waals surface area contributed by atoms with E-state index in [1.165, 1.54) is 25.9 Å². The van der Waals surface area contributed by atoms with Gasteiger partial charge in [-0.1, -0.05) is 0 Å². The summed E-state index contributed by atoms with van der Waals surface area (Å²) >= 11 is 0. The minimum atomic E-state index is 0.870. The molecular formula is C8H17N3. The van der Waals surface area contributed by atoms with Crippen LogP contribution in [0.5, 0.6) is 0 Å². The number of hydrogen-bond donors (Lipinski definition) is 2. The van der Waals surface area contributed by atoms with E-state index in [1.807, 2.05) is 5.01 Å². The number of nitrogens with zero attached hydrogens (tertiary/aromatic N) is 1. The predicted molar refractivity (Wildman–Crippen MR) is 44.8 cm³/mol. The van der Waals surface area contributed by atoms with E-state index < -0.39 is 0 Å². The summed E-state index contributed by atoms with van der Waals surface area (Å²) in [4.78, 5) is 0. The number of nitrogens with one attached hydrogen (secondary N) is 1. The highest BCUT2D eigenvalue weighted by molar-refractivity contribution is 4.84. The van der Waals surface area contributed by atoms with Gasteiger partial charge in [-0.2, -0.15) is 0 Å². The van der Waals surface area contributed by atoms with Crippen molar-refractivity contribution in [2.24, 2.45) is 17.7 Å². The maximum Gasteiger partial charge on any atom is 0.0160 e. The molecule has 0 saturated carbocycles. The van der Waals surface area contributed by atoms with Gasteiger partial charge in [0, 0.05) is 13.1 Å². The van der Waals surface area contributed by atoms with Gasteiger partial charge in [-0.05, 0) is 37.8 Å². The van der Waals surface area contributed by atoms with E-state index in [4.69, 9.17) is 5.84 Å². The van der Waals surface area contributed by atoms with Crippen LogP contribution in [0.4, 0.5) is 0 Å². The van der Waals surface area contributed by atoms with Crippen molar-refractivity contribution in [2.75, 3.05) is 26.2 Å². The van der Waals surface area contributed by atoms with Gasteiger partial charge in [0.05, 0.1) is 0 Å². The molecule has 3 heteroatoms. The lowest BCUT2D eigenvalue weighted by Gasteiger charge is -2.11. The minimum Gasteiger partial charge on any atom is -0.317 e. The van der Waals surface area contributed by atoms with Crippen molar-refractivity contribution in [3.8, 4) is 0 Å². The van der Waals surface area contributed by atoms with Gasteiger partial charge in [0.1, 0.15) is 0 Å². The summed E-state index contributed by atoms with van der Waals surface area (Å²) in [6.07, 6.45) is 2.64. The fraction of sp³-hybridized carbons (Fsp3) is 1.00. The second-order valence-electron chi connectivity index (χ2n) is 3.80. The van der Waals surface area contributed by atoms with Crippen LogP contribution in [0.25, 0.3) is 0 Å². The SMILES string of the molecule is NN1CC2CCNCCC2C1. The van der Waals surface area contributed by atoms with Crippen molar-refractivity contribution in [1.29, 1.82) is 0 Å². The van der Waals surface area contributed by atoms with E-state index in [0.29, 0.717) is 0 Å². The number of hydrazine groups is 1. The second-order valence-corrected chi connectivity index (χ2v) is 3.80. The van der Waals surface area contributed by atoms with Gasteiger partial charge in [-0.15, -0.1) is 0 Å². The highest BCUT2D eigenvalue weighted by Crippen LogP contribution is 2.27. The molecule has 0 amide bonds. The van der Waals surface area contributed by atoms with Crippen LogP contribution < -0.4 is 11.2 Å². The molecular weight excluding hydrogens is 138 g/mol. The van der Waals surface area contributed by atoms with Gasteiger partial charge in [-0.25, -0.2) is 5.01 Å². The first-order valence-corrected chi connectivity index (χ1v) is 4.56. The molecule has 0 aromatic rings. The number of fused-ring (bicyclic) bond motifs is 1. The lowest BCUT2D eigenvalue weighted by Crippen LogP contribution is -2.29. The minimum absolute atomic E-state index is 0.870. The quantitative estimate of drug-likeness (QED) is 0.476. The van der Waals surface area contributed by atoms with Crippen LogP contribution in [-0.4, -0.2) is 31.2 Å². The Morgan fingerprint density at radius 2 is 1.64 bits per heavy atom. The Morgan fingerprint density at radius 1 is 1.09 bits per heavy atom. The molecule has 2 aliphatic rings. The zero-order valence-corrected chi connectivity index (χ0v) is 6.92. The summed E-state index contributed by atoms with van der Waals surface area (Å²) in [5.74, 6) is 7.50. The molecule has 3 N–H and O–H groups in total. The third-order valence-corrected chi connectivity index (χ3v) is 2.99. The Kier molecular flexibility index (Phi) is 2.11. The van der Waals surface area contributed by atoms with Gasteiger partial charge in [0.2, 0.25) is 0 Å². The van der Waals surface area contributed by atoms with Crippen LogP contribution in [0.1, 0.15) is 12.8 Å². The summed E-state index contributed by atoms with van der Waals surface area (Å²) in [5.41, 5.74) is 0. The number of nitrogens with two attached hydrogens (primary N) is 1. The first kappa shape index (κ1) is 7.53. The Bertz CT molecular complexity index is 123. The predicted octanol–water partition coefficient (Wildman–Crippen LogP) is -0.209. The van der Waals surface area contributed by atoms with E-state index in [-0.39, 0.29) is 0 Å². The maximum absolute atomic E-state index is 5.76.